The van der Waals surface area contributed by atoms with Crippen LogP contribution in [0.4, 0.5) is 0 Å². The van der Waals surface area contributed by atoms with E-state index in [1.54, 1.807) is 0 Å². The summed E-state index contributed by atoms with van der Waals surface area (Å²) in [6.45, 7) is 11.4. The number of hydrogen-bond acceptors (Lipinski definition) is 4. The Morgan fingerprint density at radius 3 is 2.67 bits per heavy atom. The minimum absolute atomic E-state index is 0.170. The number of nitrogens with one attached hydrogen (secondary N) is 1. The molecule has 1 aliphatic heterocycles. The third-order valence-corrected chi connectivity index (χ3v) is 5.37. The molecular weight excluding hydrogens is 278 g/mol. The van der Waals surface area contributed by atoms with Crippen LogP contribution in [0.3, 0.4) is 0 Å². The van der Waals surface area contributed by atoms with Crippen LogP contribution in [-0.2, 0) is 12.0 Å². The van der Waals surface area contributed by atoms with Crippen molar-refractivity contribution in [1.82, 2.24) is 15.2 Å². The summed E-state index contributed by atoms with van der Waals surface area (Å²) in [6.07, 6.45) is 5.54. The summed E-state index contributed by atoms with van der Waals surface area (Å²) >= 11 is 1.84. The van der Waals surface area contributed by atoms with Crippen molar-refractivity contribution >= 4 is 11.3 Å². The van der Waals surface area contributed by atoms with Gasteiger partial charge in [0.25, 0.3) is 0 Å². The third kappa shape index (κ3) is 4.51. The maximum atomic E-state index is 4.88. The lowest BCUT2D eigenvalue weighted by molar-refractivity contribution is 0.231. The van der Waals surface area contributed by atoms with E-state index in [1.165, 1.54) is 56.0 Å². The van der Waals surface area contributed by atoms with Gasteiger partial charge in [0.2, 0.25) is 0 Å². The molecule has 4 heteroatoms. The highest BCUT2D eigenvalue weighted by Crippen LogP contribution is 2.31. The second-order valence-electron chi connectivity index (χ2n) is 7.81. The molecule has 118 valence electrons. The zero-order valence-electron chi connectivity index (χ0n) is 13.7. The molecule has 2 aliphatic rings. The normalized spacial score (nSPS) is 23.1. The van der Waals surface area contributed by atoms with Gasteiger partial charge in [-0.3, -0.25) is 4.90 Å². The fourth-order valence-electron chi connectivity index (χ4n) is 3.01. The van der Waals surface area contributed by atoms with Gasteiger partial charge in [-0.15, -0.1) is 11.3 Å². The molecule has 0 spiro atoms. The molecule has 0 amide bonds. The molecule has 0 radical (unpaired) electrons. The molecule has 1 aromatic rings. The van der Waals surface area contributed by atoms with Crippen LogP contribution in [0.5, 0.6) is 0 Å². The second kappa shape index (κ2) is 6.35. The lowest BCUT2D eigenvalue weighted by Crippen LogP contribution is -2.38. The van der Waals surface area contributed by atoms with Gasteiger partial charge in [-0.1, -0.05) is 20.8 Å². The number of thiazole rings is 1. The van der Waals surface area contributed by atoms with Gasteiger partial charge in [-0.2, -0.15) is 0 Å². The van der Waals surface area contributed by atoms with Crippen LogP contribution in [0.25, 0.3) is 0 Å². The van der Waals surface area contributed by atoms with Crippen molar-refractivity contribution in [1.29, 1.82) is 0 Å². The molecule has 3 rings (SSSR count). The minimum Gasteiger partial charge on any atom is -0.313 e. The predicted molar refractivity (Wildman–Crippen MR) is 89.8 cm³/mol. The van der Waals surface area contributed by atoms with Crippen molar-refractivity contribution in [3.63, 3.8) is 0 Å². The Balaban J connectivity index is 1.60. The first-order valence-corrected chi connectivity index (χ1v) is 9.29. The number of rotatable bonds is 6. The Morgan fingerprint density at radius 2 is 2.10 bits per heavy atom. The van der Waals surface area contributed by atoms with E-state index in [-0.39, 0.29) is 5.41 Å². The largest absolute Gasteiger partial charge is 0.313 e. The van der Waals surface area contributed by atoms with E-state index in [2.05, 4.69) is 36.4 Å². The summed E-state index contributed by atoms with van der Waals surface area (Å²) in [5, 5.41) is 7.18. The molecular formula is C17H29N3S. The fourth-order valence-corrected chi connectivity index (χ4v) is 4.07. The lowest BCUT2D eigenvalue weighted by Gasteiger charge is -2.24. The van der Waals surface area contributed by atoms with E-state index < -0.39 is 0 Å². The first-order valence-electron chi connectivity index (χ1n) is 8.41. The van der Waals surface area contributed by atoms with Crippen molar-refractivity contribution in [3.8, 4) is 0 Å². The van der Waals surface area contributed by atoms with E-state index >= 15 is 0 Å². The molecule has 1 saturated heterocycles. The Morgan fingerprint density at radius 1 is 1.29 bits per heavy atom. The van der Waals surface area contributed by atoms with E-state index in [1.807, 2.05) is 11.3 Å². The quantitative estimate of drug-likeness (QED) is 0.873. The zero-order chi connectivity index (χ0) is 14.9. The molecule has 1 unspecified atom stereocenters. The monoisotopic (exact) mass is 307 g/mol. The molecule has 1 aromatic heterocycles. The molecule has 3 nitrogen and oxygen atoms in total. The number of hydrogen-bond donors (Lipinski definition) is 1. The molecule has 0 aromatic carbocycles. The summed E-state index contributed by atoms with van der Waals surface area (Å²) in [6, 6.07) is 0.700. The van der Waals surface area contributed by atoms with Crippen LogP contribution in [0, 0.1) is 5.92 Å². The molecule has 21 heavy (non-hydrogen) atoms. The van der Waals surface area contributed by atoms with Crippen molar-refractivity contribution < 1.29 is 0 Å². The highest BCUT2D eigenvalue weighted by atomic mass is 32.1. The SMILES string of the molecule is CC(C)(C)c1csc(CN(CC2CC2)CC2CCCN2)n1. The number of nitrogens with zero attached hydrogens (tertiary/aromatic N) is 2. The van der Waals surface area contributed by atoms with Gasteiger partial charge in [-0.05, 0) is 38.1 Å². The van der Waals surface area contributed by atoms with E-state index in [9.17, 15) is 0 Å². The van der Waals surface area contributed by atoms with Gasteiger partial charge < -0.3 is 5.32 Å². The molecule has 2 heterocycles. The Labute approximate surface area is 133 Å². The smallest absolute Gasteiger partial charge is 0.107 e. The van der Waals surface area contributed by atoms with E-state index in [0.717, 1.165) is 12.5 Å². The predicted octanol–water partition coefficient (Wildman–Crippen LogP) is 3.40. The second-order valence-corrected chi connectivity index (χ2v) is 8.75. The average Bonchev–Trinajstić information content (AvgIpc) is 2.90. The highest BCUT2D eigenvalue weighted by molar-refractivity contribution is 7.09. The summed E-state index contributed by atoms with van der Waals surface area (Å²) in [4.78, 5) is 7.52. The first-order chi connectivity index (χ1) is 10.0. The van der Waals surface area contributed by atoms with Crippen molar-refractivity contribution in [2.75, 3.05) is 19.6 Å². The highest BCUT2D eigenvalue weighted by Gasteiger charge is 2.27. The maximum Gasteiger partial charge on any atom is 0.107 e. The molecule has 1 saturated carbocycles. The lowest BCUT2D eigenvalue weighted by atomic mass is 9.93. The van der Waals surface area contributed by atoms with Gasteiger partial charge in [0.05, 0.1) is 12.2 Å². The minimum atomic E-state index is 0.170. The van der Waals surface area contributed by atoms with Gasteiger partial charge in [-0.25, -0.2) is 4.98 Å². The van der Waals surface area contributed by atoms with Crippen molar-refractivity contribution in [2.24, 2.45) is 5.92 Å². The van der Waals surface area contributed by atoms with Gasteiger partial charge in [0.15, 0.2) is 0 Å². The van der Waals surface area contributed by atoms with E-state index in [0.29, 0.717) is 6.04 Å². The van der Waals surface area contributed by atoms with Crippen LogP contribution in [0.1, 0.15) is 57.2 Å². The molecule has 1 aliphatic carbocycles. The summed E-state index contributed by atoms with van der Waals surface area (Å²) in [7, 11) is 0. The fraction of sp³-hybridized carbons (Fsp3) is 0.824. The Kier molecular flexibility index (Phi) is 4.67. The van der Waals surface area contributed by atoms with E-state index in [4.69, 9.17) is 4.98 Å². The van der Waals surface area contributed by atoms with Crippen LogP contribution in [0.15, 0.2) is 5.38 Å². The molecule has 2 fully saturated rings. The molecule has 0 bridgehead atoms. The summed E-state index contributed by atoms with van der Waals surface area (Å²) < 4.78 is 0. The first kappa shape index (κ1) is 15.4. The van der Waals surface area contributed by atoms with Crippen LogP contribution in [-0.4, -0.2) is 35.6 Å². The standard InChI is InChI=1S/C17H29N3S/c1-17(2,3)15-12-21-16(19-15)11-20(9-13-6-7-13)10-14-5-4-8-18-14/h12-14,18H,4-11H2,1-3H3. The zero-order valence-corrected chi connectivity index (χ0v) is 14.5. The topological polar surface area (TPSA) is 28.2 Å². The van der Waals surface area contributed by atoms with Gasteiger partial charge in [0, 0.05) is 29.9 Å². The van der Waals surface area contributed by atoms with Crippen LogP contribution in [0.2, 0.25) is 0 Å². The molecule has 1 N–H and O–H groups in total. The summed E-state index contributed by atoms with van der Waals surface area (Å²) in [5.41, 5.74) is 1.41. The van der Waals surface area contributed by atoms with Crippen molar-refractivity contribution in [3.05, 3.63) is 16.1 Å². The van der Waals surface area contributed by atoms with Gasteiger partial charge >= 0.3 is 0 Å². The third-order valence-electron chi connectivity index (χ3n) is 4.53. The van der Waals surface area contributed by atoms with Crippen LogP contribution < -0.4 is 5.32 Å². The summed E-state index contributed by atoms with van der Waals surface area (Å²) in [5.74, 6) is 0.952. The Hall–Kier alpha value is -0.450. The number of aromatic nitrogens is 1. The van der Waals surface area contributed by atoms with Crippen molar-refractivity contribution in [2.45, 2.75) is 64.5 Å². The maximum absolute atomic E-state index is 4.88. The Bertz CT molecular complexity index is 453. The average molecular weight is 308 g/mol. The van der Waals surface area contributed by atoms with Crippen LogP contribution >= 0.6 is 11.3 Å². The molecule has 1 atom stereocenters. The van der Waals surface area contributed by atoms with Gasteiger partial charge in [0.1, 0.15) is 5.01 Å².